The Morgan fingerprint density at radius 3 is 2.00 bits per heavy atom. The standard InChI is InChI=1S/C18H29N/c1-6-13-19(14-7-2)16(5)18(8-3)17-11-9-15(4)10-12-17/h9-12,18H,5-8,13-14H2,1-4H3. The van der Waals surface area contributed by atoms with Gasteiger partial charge in [0.25, 0.3) is 0 Å². The first kappa shape index (κ1) is 15.8. The van der Waals surface area contributed by atoms with Crippen molar-refractivity contribution in [2.24, 2.45) is 0 Å². The van der Waals surface area contributed by atoms with Crippen molar-refractivity contribution in [3.63, 3.8) is 0 Å². The van der Waals surface area contributed by atoms with Gasteiger partial charge in [-0.25, -0.2) is 0 Å². The third-order valence-corrected chi connectivity index (χ3v) is 3.68. The summed E-state index contributed by atoms with van der Waals surface area (Å²) in [5, 5.41) is 0. The highest BCUT2D eigenvalue weighted by Crippen LogP contribution is 2.29. The fourth-order valence-corrected chi connectivity index (χ4v) is 2.62. The average molecular weight is 259 g/mol. The molecule has 0 aliphatic carbocycles. The second kappa shape index (κ2) is 8.04. The number of nitrogens with zero attached hydrogens (tertiary/aromatic N) is 1. The lowest BCUT2D eigenvalue weighted by molar-refractivity contribution is 0.321. The number of hydrogen-bond donors (Lipinski definition) is 0. The first-order chi connectivity index (χ1) is 9.13. The summed E-state index contributed by atoms with van der Waals surface area (Å²) in [5.41, 5.74) is 4.01. The van der Waals surface area contributed by atoms with E-state index in [1.807, 2.05) is 0 Å². The van der Waals surface area contributed by atoms with E-state index < -0.39 is 0 Å². The van der Waals surface area contributed by atoms with Gasteiger partial charge in [-0.05, 0) is 31.7 Å². The van der Waals surface area contributed by atoms with Crippen LogP contribution in [0.1, 0.15) is 57.1 Å². The van der Waals surface area contributed by atoms with Gasteiger partial charge in [-0.2, -0.15) is 0 Å². The Kier molecular flexibility index (Phi) is 6.69. The summed E-state index contributed by atoms with van der Waals surface area (Å²) in [4.78, 5) is 2.47. The van der Waals surface area contributed by atoms with Crippen molar-refractivity contribution in [2.75, 3.05) is 13.1 Å². The van der Waals surface area contributed by atoms with Gasteiger partial charge in [0.15, 0.2) is 0 Å². The van der Waals surface area contributed by atoms with E-state index in [9.17, 15) is 0 Å². The minimum atomic E-state index is 0.457. The lowest BCUT2D eigenvalue weighted by Crippen LogP contribution is -2.27. The van der Waals surface area contributed by atoms with Crippen molar-refractivity contribution >= 4 is 0 Å². The Labute approximate surface area is 119 Å². The molecule has 0 N–H and O–H groups in total. The van der Waals surface area contributed by atoms with E-state index in [0.717, 1.165) is 19.5 Å². The molecule has 0 radical (unpaired) electrons. The van der Waals surface area contributed by atoms with E-state index >= 15 is 0 Å². The molecule has 0 saturated carbocycles. The summed E-state index contributed by atoms with van der Waals surface area (Å²) in [6.45, 7) is 15.5. The first-order valence-corrected chi connectivity index (χ1v) is 7.64. The van der Waals surface area contributed by atoms with Crippen LogP contribution in [0.3, 0.4) is 0 Å². The number of aryl methyl sites for hydroxylation is 1. The van der Waals surface area contributed by atoms with Crippen LogP contribution in [-0.2, 0) is 0 Å². The zero-order valence-electron chi connectivity index (χ0n) is 13.1. The summed E-state index contributed by atoms with van der Waals surface area (Å²) in [6, 6.07) is 8.92. The molecule has 0 bridgehead atoms. The first-order valence-electron chi connectivity index (χ1n) is 7.64. The second-order valence-corrected chi connectivity index (χ2v) is 5.35. The highest BCUT2D eigenvalue weighted by atomic mass is 15.1. The molecule has 0 amide bonds. The minimum Gasteiger partial charge on any atom is -0.375 e. The molecule has 1 rings (SSSR count). The van der Waals surface area contributed by atoms with Gasteiger partial charge in [-0.15, -0.1) is 0 Å². The summed E-state index contributed by atoms with van der Waals surface area (Å²) in [7, 11) is 0. The number of benzene rings is 1. The summed E-state index contributed by atoms with van der Waals surface area (Å²) < 4.78 is 0. The molecule has 1 unspecified atom stereocenters. The molecule has 19 heavy (non-hydrogen) atoms. The van der Waals surface area contributed by atoms with Crippen LogP contribution in [0.5, 0.6) is 0 Å². The smallest absolute Gasteiger partial charge is 0.0231 e. The van der Waals surface area contributed by atoms with Crippen LogP contribution in [0.2, 0.25) is 0 Å². The molecule has 0 aromatic heterocycles. The Bertz CT molecular complexity index is 371. The zero-order chi connectivity index (χ0) is 14.3. The van der Waals surface area contributed by atoms with Gasteiger partial charge in [-0.1, -0.05) is 57.2 Å². The molecule has 1 atom stereocenters. The maximum absolute atomic E-state index is 4.39. The molecule has 1 aromatic carbocycles. The van der Waals surface area contributed by atoms with E-state index in [-0.39, 0.29) is 0 Å². The van der Waals surface area contributed by atoms with E-state index in [1.165, 1.54) is 29.7 Å². The van der Waals surface area contributed by atoms with Gasteiger partial charge in [0, 0.05) is 24.7 Å². The molecule has 0 heterocycles. The molecule has 0 fully saturated rings. The minimum absolute atomic E-state index is 0.457. The maximum Gasteiger partial charge on any atom is 0.0231 e. The lowest BCUT2D eigenvalue weighted by atomic mass is 9.92. The third-order valence-electron chi connectivity index (χ3n) is 3.68. The van der Waals surface area contributed by atoms with Gasteiger partial charge in [0.1, 0.15) is 0 Å². The van der Waals surface area contributed by atoms with E-state index in [2.05, 4.69) is 63.4 Å². The van der Waals surface area contributed by atoms with Crippen LogP contribution in [0.4, 0.5) is 0 Å². The fourth-order valence-electron chi connectivity index (χ4n) is 2.62. The van der Waals surface area contributed by atoms with Crippen LogP contribution in [0, 0.1) is 6.92 Å². The number of rotatable bonds is 8. The topological polar surface area (TPSA) is 3.24 Å². The average Bonchev–Trinajstić information content (AvgIpc) is 2.41. The van der Waals surface area contributed by atoms with E-state index in [0.29, 0.717) is 5.92 Å². The summed E-state index contributed by atoms with van der Waals surface area (Å²) in [5.74, 6) is 0.457. The SMILES string of the molecule is C=C(C(CC)c1ccc(C)cc1)N(CCC)CCC. The lowest BCUT2D eigenvalue weighted by Gasteiger charge is -2.31. The predicted octanol–water partition coefficient (Wildman–Crippen LogP) is 5.12. The zero-order valence-corrected chi connectivity index (χ0v) is 13.1. The summed E-state index contributed by atoms with van der Waals surface area (Å²) in [6.07, 6.45) is 3.48. The Morgan fingerprint density at radius 1 is 1.05 bits per heavy atom. The van der Waals surface area contributed by atoms with Crippen molar-refractivity contribution in [1.82, 2.24) is 4.90 Å². The molecule has 1 aromatic rings. The Morgan fingerprint density at radius 2 is 1.58 bits per heavy atom. The van der Waals surface area contributed by atoms with E-state index in [1.54, 1.807) is 0 Å². The highest BCUT2D eigenvalue weighted by molar-refractivity contribution is 5.29. The van der Waals surface area contributed by atoms with Crippen molar-refractivity contribution in [2.45, 2.75) is 52.9 Å². The Balaban J connectivity index is 2.88. The normalized spacial score (nSPS) is 12.2. The van der Waals surface area contributed by atoms with Crippen molar-refractivity contribution < 1.29 is 0 Å². The molecule has 1 nitrogen and oxygen atoms in total. The quantitative estimate of drug-likeness (QED) is 0.626. The van der Waals surface area contributed by atoms with Crippen molar-refractivity contribution in [3.8, 4) is 0 Å². The second-order valence-electron chi connectivity index (χ2n) is 5.35. The molecule has 106 valence electrons. The molecular formula is C18H29N. The largest absolute Gasteiger partial charge is 0.375 e. The van der Waals surface area contributed by atoms with Crippen LogP contribution < -0.4 is 0 Å². The van der Waals surface area contributed by atoms with Gasteiger partial charge < -0.3 is 4.90 Å². The maximum atomic E-state index is 4.39. The summed E-state index contributed by atoms with van der Waals surface area (Å²) >= 11 is 0. The predicted molar refractivity (Wildman–Crippen MR) is 85.5 cm³/mol. The van der Waals surface area contributed by atoms with Crippen LogP contribution in [-0.4, -0.2) is 18.0 Å². The van der Waals surface area contributed by atoms with Crippen molar-refractivity contribution in [1.29, 1.82) is 0 Å². The monoisotopic (exact) mass is 259 g/mol. The van der Waals surface area contributed by atoms with Crippen molar-refractivity contribution in [3.05, 3.63) is 47.7 Å². The van der Waals surface area contributed by atoms with E-state index in [4.69, 9.17) is 0 Å². The number of hydrogen-bond acceptors (Lipinski definition) is 1. The molecule has 0 spiro atoms. The Hall–Kier alpha value is -1.24. The molecule has 0 saturated heterocycles. The molecule has 0 aliphatic rings. The van der Waals surface area contributed by atoms with Gasteiger partial charge >= 0.3 is 0 Å². The number of allylic oxidation sites excluding steroid dienone is 1. The van der Waals surface area contributed by atoms with Crippen LogP contribution in [0.25, 0.3) is 0 Å². The van der Waals surface area contributed by atoms with Gasteiger partial charge in [-0.3, -0.25) is 0 Å². The van der Waals surface area contributed by atoms with Crippen LogP contribution in [0.15, 0.2) is 36.5 Å². The van der Waals surface area contributed by atoms with Gasteiger partial charge in [0.05, 0.1) is 0 Å². The molecular weight excluding hydrogens is 230 g/mol. The molecule has 0 aliphatic heterocycles. The fraction of sp³-hybridized carbons (Fsp3) is 0.556. The van der Waals surface area contributed by atoms with Gasteiger partial charge in [0.2, 0.25) is 0 Å². The highest BCUT2D eigenvalue weighted by Gasteiger charge is 2.17. The van der Waals surface area contributed by atoms with Crippen LogP contribution >= 0.6 is 0 Å². The third kappa shape index (κ3) is 4.41. The molecule has 1 heteroatoms.